The average Bonchev–Trinajstić information content (AvgIpc) is 2.80. The van der Waals surface area contributed by atoms with Gasteiger partial charge in [-0.2, -0.15) is 0 Å². The molecule has 0 aromatic carbocycles. The average molecular weight is 271 g/mol. The van der Waals surface area contributed by atoms with Crippen LogP contribution in [-0.4, -0.2) is 61.8 Å². The first-order valence-electron chi connectivity index (χ1n) is 5.66. The van der Waals surface area contributed by atoms with Gasteiger partial charge in [0.05, 0.1) is 25.4 Å². The molecule has 0 radical (unpaired) electrons. The van der Waals surface area contributed by atoms with Crippen molar-refractivity contribution in [2.24, 2.45) is 0 Å². The summed E-state index contributed by atoms with van der Waals surface area (Å²) in [6.07, 6.45) is 1.45. The van der Waals surface area contributed by atoms with Gasteiger partial charge in [-0.3, -0.25) is 4.79 Å². The largest absolute Gasteiger partial charge is 0.480 e. The van der Waals surface area contributed by atoms with Gasteiger partial charge in [-0.05, 0) is 6.92 Å². The van der Waals surface area contributed by atoms with Crippen LogP contribution in [0.5, 0.6) is 0 Å². The zero-order valence-corrected chi connectivity index (χ0v) is 10.8. The molecule has 0 fully saturated rings. The highest BCUT2D eigenvalue weighted by Gasteiger charge is 2.14. The first-order chi connectivity index (χ1) is 8.93. The van der Waals surface area contributed by atoms with Crippen molar-refractivity contribution in [3.05, 3.63) is 11.9 Å². The third-order valence-corrected chi connectivity index (χ3v) is 2.55. The first-order valence-corrected chi connectivity index (χ1v) is 5.66. The number of hydrogen-bond acceptors (Lipinski definition) is 5. The van der Waals surface area contributed by atoms with Gasteiger partial charge in [0.15, 0.2) is 0 Å². The van der Waals surface area contributed by atoms with Crippen LogP contribution < -0.4 is 5.32 Å². The Hall–Kier alpha value is -2.16. The second kappa shape index (κ2) is 6.69. The van der Waals surface area contributed by atoms with Gasteiger partial charge in [0, 0.05) is 7.05 Å². The van der Waals surface area contributed by atoms with Gasteiger partial charge in [0.2, 0.25) is 0 Å². The van der Waals surface area contributed by atoms with Crippen LogP contribution in [0.15, 0.2) is 6.20 Å². The van der Waals surface area contributed by atoms with Crippen LogP contribution in [0, 0.1) is 0 Å². The molecule has 19 heavy (non-hydrogen) atoms. The van der Waals surface area contributed by atoms with E-state index in [1.54, 1.807) is 14.0 Å². The molecule has 106 valence electrons. The highest BCUT2D eigenvalue weighted by molar-refractivity contribution is 5.74. The van der Waals surface area contributed by atoms with Gasteiger partial charge in [0.1, 0.15) is 12.2 Å². The van der Waals surface area contributed by atoms with Crippen molar-refractivity contribution in [1.82, 2.24) is 25.2 Å². The molecule has 0 saturated carbocycles. The van der Waals surface area contributed by atoms with Crippen LogP contribution in [0.4, 0.5) is 4.79 Å². The number of aliphatic hydroxyl groups is 1. The molecule has 1 aromatic heterocycles. The third kappa shape index (κ3) is 4.54. The van der Waals surface area contributed by atoms with Gasteiger partial charge in [-0.1, -0.05) is 5.21 Å². The molecule has 1 heterocycles. The van der Waals surface area contributed by atoms with Crippen molar-refractivity contribution in [2.45, 2.75) is 26.1 Å². The van der Waals surface area contributed by atoms with E-state index in [1.165, 1.54) is 15.8 Å². The maximum Gasteiger partial charge on any atom is 0.325 e. The lowest BCUT2D eigenvalue weighted by Gasteiger charge is -2.23. The van der Waals surface area contributed by atoms with Crippen LogP contribution in [0.2, 0.25) is 0 Å². The van der Waals surface area contributed by atoms with E-state index in [-0.39, 0.29) is 31.8 Å². The van der Waals surface area contributed by atoms with E-state index in [0.29, 0.717) is 5.69 Å². The summed E-state index contributed by atoms with van der Waals surface area (Å²) in [6.45, 7) is 1.45. The molecule has 9 heteroatoms. The summed E-state index contributed by atoms with van der Waals surface area (Å²) in [5, 5.41) is 27.4. The van der Waals surface area contributed by atoms with Crippen molar-refractivity contribution >= 4 is 12.0 Å². The standard InChI is InChI=1S/C10H17N5O4/c1-7(6-16)14(2)10(19)11-3-8-4-15(13-12-8)5-9(17)18/h4,7,16H,3,5-6H2,1-2H3,(H,11,19)(H,17,18). The van der Waals surface area contributed by atoms with Crippen LogP contribution in [0.1, 0.15) is 12.6 Å². The molecule has 1 atom stereocenters. The SMILES string of the molecule is CC(CO)N(C)C(=O)NCc1cn(CC(=O)O)nn1. The maximum atomic E-state index is 11.7. The van der Waals surface area contributed by atoms with E-state index in [1.807, 2.05) is 0 Å². The molecule has 0 bridgehead atoms. The number of aliphatic hydroxyl groups excluding tert-OH is 1. The van der Waals surface area contributed by atoms with Crippen molar-refractivity contribution < 1.29 is 19.8 Å². The number of carboxylic acid groups (broad SMARTS) is 1. The summed E-state index contributed by atoms with van der Waals surface area (Å²) in [5.41, 5.74) is 0.458. The zero-order valence-electron chi connectivity index (χ0n) is 10.8. The zero-order chi connectivity index (χ0) is 14.4. The Bertz CT molecular complexity index is 447. The van der Waals surface area contributed by atoms with Gasteiger partial charge in [0.25, 0.3) is 0 Å². The van der Waals surface area contributed by atoms with E-state index in [4.69, 9.17) is 10.2 Å². The summed E-state index contributed by atoms with van der Waals surface area (Å²) < 4.78 is 1.17. The number of aromatic nitrogens is 3. The summed E-state index contributed by atoms with van der Waals surface area (Å²) in [6, 6.07) is -0.642. The molecular formula is C10H17N5O4. The minimum atomic E-state index is -1.02. The van der Waals surface area contributed by atoms with Gasteiger partial charge < -0.3 is 20.4 Å². The number of nitrogens with one attached hydrogen (secondary N) is 1. The van der Waals surface area contributed by atoms with Crippen LogP contribution >= 0.6 is 0 Å². The fraction of sp³-hybridized carbons (Fsp3) is 0.600. The molecule has 3 N–H and O–H groups in total. The van der Waals surface area contributed by atoms with E-state index in [9.17, 15) is 9.59 Å². The molecule has 2 amide bonds. The molecule has 0 aliphatic carbocycles. The fourth-order valence-electron chi connectivity index (χ4n) is 1.25. The Morgan fingerprint density at radius 3 is 2.84 bits per heavy atom. The summed E-state index contributed by atoms with van der Waals surface area (Å²) in [7, 11) is 1.57. The number of urea groups is 1. The van der Waals surface area contributed by atoms with Gasteiger partial charge in [-0.25, -0.2) is 9.48 Å². The van der Waals surface area contributed by atoms with Crippen LogP contribution in [-0.2, 0) is 17.9 Å². The van der Waals surface area contributed by atoms with Gasteiger partial charge >= 0.3 is 12.0 Å². The van der Waals surface area contributed by atoms with Crippen molar-refractivity contribution in [3.63, 3.8) is 0 Å². The van der Waals surface area contributed by atoms with Crippen molar-refractivity contribution in [3.8, 4) is 0 Å². The topological polar surface area (TPSA) is 121 Å². The molecule has 1 unspecified atom stereocenters. The predicted octanol–water partition coefficient (Wildman–Crippen LogP) is -1.12. The number of likely N-dealkylation sites (N-methyl/N-ethyl adjacent to an activating group) is 1. The van der Waals surface area contributed by atoms with E-state index >= 15 is 0 Å². The molecule has 0 aliphatic heterocycles. The lowest BCUT2D eigenvalue weighted by Crippen LogP contribution is -2.43. The highest BCUT2D eigenvalue weighted by atomic mass is 16.4. The summed E-state index contributed by atoms with van der Waals surface area (Å²) in [5.74, 6) is -1.02. The Morgan fingerprint density at radius 1 is 1.58 bits per heavy atom. The molecule has 0 saturated heterocycles. The number of amides is 2. The number of nitrogens with zero attached hydrogens (tertiary/aromatic N) is 4. The summed E-state index contributed by atoms with van der Waals surface area (Å²) in [4.78, 5) is 23.5. The second-order valence-corrected chi connectivity index (χ2v) is 4.10. The van der Waals surface area contributed by atoms with Crippen molar-refractivity contribution in [2.75, 3.05) is 13.7 Å². The maximum absolute atomic E-state index is 11.7. The minimum Gasteiger partial charge on any atom is -0.480 e. The Morgan fingerprint density at radius 2 is 2.26 bits per heavy atom. The number of carbonyl (C=O) groups is 2. The molecule has 1 aromatic rings. The lowest BCUT2D eigenvalue weighted by molar-refractivity contribution is -0.137. The third-order valence-electron chi connectivity index (χ3n) is 2.55. The fourth-order valence-corrected chi connectivity index (χ4v) is 1.25. The summed E-state index contributed by atoms with van der Waals surface area (Å²) >= 11 is 0. The van der Waals surface area contributed by atoms with Crippen molar-refractivity contribution in [1.29, 1.82) is 0 Å². The number of aliphatic carboxylic acids is 1. The number of rotatable bonds is 6. The lowest BCUT2D eigenvalue weighted by atomic mass is 10.3. The number of carbonyl (C=O) groups excluding carboxylic acids is 1. The minimum absolute atomic E-state index is 0.126. The molecule has 9 nitrogen and oxygen atoms in total. The number of carboxylic acids is 1. The predicted molar refractivity (Wildman–Crippen MR) is 64.2 cm³/mol. The van der Waals surface area contributed by atoms with Crippen LogP contribution in [0.3, 0.4) is 0 Å². The highest BCUT2D eigenvalue weighted by Crippen LogP contribution is 1.97. The molecule has 1 rings (SSSR count). The number of hydrogen-bond donors (Lipinski definition) is 3. The molecule has 0 aliphatic rings. The first kappa shape index (κ1) is 14.9. The monoisotopic (exact) mass is 271 g/mol. The van der Waals surface area contributed by atoms with E-state index in [2.05, 4.69) is 15.6 Å². The Balaban J connectivity index is 2.46. The second-order valence-electron chi connectivity index (χ2n) is 4.10. The van der Waals surface area contributed by atoms with E-state index < -0.39 is 5.97 Å². The molecular weight excluding hydrogens is 254 g/mol. The van der Waals surface area contributed by atoms with Gasteiger partial charge in [-0.15, -0.1) is 5.10 Å². The molecule has 0 spiro atoms. The smallest absolute Gasteiger partial charge is 0.325 e. The van der Waals surface area contributed by atoms with E-state index in [0.717, 1.165) is 0 Å². The Labute approximate surface area is 109 Å². The quantitative estimate of drug-likeness (QED) is 0.603. The Kier molecular flexibility index (Phi) is 5.24. The van der Waals surface area contributed by atoms with Crippen LogP contribution in [0.25, 0.3) is 0 Å². The normalized spacial score (nSPS) is 11.9.